The van der Waals surface area contributed by atoms with Crippen molar-refractivity contribution in [2.45, 2.75) is 53.6 Å². The minimum atomic E-state index is -9.35. The molecule has 0 bridgehead atoms. The minimum absolute atomic E-state index is 3.39. The first-order valence-electron chi connectivity index (χ1n) is 8.02. The molecule has 25 heteroatoms. The standard InChI is InChI=1S/C14HF23O2/c15-1(3(17)5(38)39)2(16)4(18)6(19,20)7(21,22)8(23,24)9(25,26)10(27,28)11(29,30)12(31,32)13(33,34)14(35,36)37/h(H,38,39)/b3-1+,4-2+. The van der Waals surface area contributed by atoms with E-state index in [2.05, 4.69) is 0 Å². The van der Waals surface area contributed by atoms with Gasteiger partial charge in [-0.3, -0.25) is 0 Å². The smallest absolute Gasteiger partial charge is 0.460 e. The molecule has 0 aliphatic carbocycles. The fourth-order valence-electron chi connectivity index (χ4n) is 1.92. The van der Waals surface area contributed by atoms with Crippen molar-refractivity contribution in [3.8, 4) is 0 Å². The number of hydrogen-bond acceptors (Lipinski definition) is 1. The van der Waals surface area contributed by atoms with E-state index in [0.717, 1.165) is 0 Å². The van der Waals surface area contributed by atoms with Crippen LogP contribution < -0.4 is 0 Å². The Morgan fingerprint density at radius 3 is 0.897 bits per heavy atom. The molecule has 0 aromatic carbocycles. The molecule has 0 unspecified atom stereocenters. The summed E-state index contributed by atoms with van der Waals surface area (Å²) in [6, 6.07) is 0. The third-order valence-electron chi connectivity index (χ3n) is 4.16. The molecule has 0 radical (unpaired) electrons. The highest BCUT2D eigenvalue weighted by Gasteiger charge is 2.97. The van der Waals surface area contributed by atoms with Crippen LogP contribution in [-0.4, -0.2) is 64.6 Å². The molecule has 0 aromatic heterocycles. The average molecular weight is 638 g/mol. The van der Waals surface area contributed by atoms with E-state index in [-0.39, 0.29) is 0 Å². The molecule has 0 heterocycles. The van der Waals surface area contributed by atoms with Crippen LogP contribution in [0.3, 0.4) is 0 Å². The molecular weight excluding hydrogens is 637 g/mol. The average Bonchev–Trinajstić information content (AvgIpc) is 2.74. The zero-order chi connectivity index (χ0) is 32.4. The number of aliphatic carboxylic acids is 1. The highest BCUT2D eigenvalue weighted by atomic mass is 19.4. The topological polar surface area (TPSA) is 37.3 Å². The summed E-state index contributed by atoms with van der Waals surface area (Å²) in [5, 5.41) is 7.84. The number of hydrogen-bond donors (Lipinski definition) is 1. The summed E-state index contributed by atoms with van der Waals surface area (Å²) >= 11 is 0. The fourth-order valence-corrected chi connectivity index (χ4v) is 1.92. The molecule has 1 N–H and O–H groups in total. The number of halogens is 23. The number of carbonyl (C=O) groups is 1. The van der Waals surface area contributed by atoms with Crippen molar-refractivity contribution in [3.05, 3.63) is 23.3 Å². The van der Waals surface area contributed by atoms with E-state index in [4.69, 9.17) is 5.11 Å². The van der Waals surface area contributed by atoms with E-state index >= 15 is 0 Å². The maximum Gasteiger partial charge on any atom is 0.460 e. The molecule has 230 valence electrons. The van der Waals surface area contributed by atoms with Crippen molar-refractivity contribution < 1.29 is 111 Å². The van der Waals surface area contributed by atoms with Gasteiger partial charge < -0.3 is 5.11 Å². The van der Waals surface area contributed by atoms with E-state index in [1.54, 1.807) is 0 Å². The molecule has 0 spiro atoms. The highest BCUT2D eigenvalue weighted by Crippen LogP contribution is 2.65. The van der Waals surface area contributed by atoms with Crippen LogP contribution in [0.2, 0.25) is 0 Å². The van der Waals surface area contributed by atoms with Crippen LogP contribution in [0, 0.1) is 0 Å². The van der Waals surface area contributed by atoms with Crippen molar-refractivity contribution in [2.24, 2.45) is 0 Å². The van der Waals surface area contributed by atoms with Crippen LogP contribution in [0.25, 0.3) is 0 Å². The number of allylic oxidation sites excluding steroid dienone is 3. The maximum absolute atomic E-state index is 13.5. The lowest BCUT2D eigenvalue weighted by Gasteiger charge is -2.43. The second-order valence-electron chi connectivity index (χ2n) is 6.65. The molecule has 0 aliphatic rings. The lowest BCUT2D eigenvalue weighted by atomic mass is 9.87. The normalized spacial score (nSPS) is 17.1. The Labute approximate surface area is 195 Å². The van der Waals surface area contributed by atoms with Gasteiger partial charge in [0.15, 0.2) is 5.83 Å². The van der Waals surface area contributed by atoms with Crippen LogP contribution in [-0.2, 0) is 4.79 Å². The Morgan fingerprint density at radius 2 is 0.641 bits per heavy atom. The van der Waals surface area contributed by atoms with E-state index in [1.165, 1.54) is 0 Å². The number of carboxylic acids is 1. The SMILES string of the molecule is O=C(O)/C(F)=C(F)/C(F)=C(\F)C(F)(F)C(F)(F)C(F)(F)C(F)(F)C(F)(F)C(F)(F)C(F)(F)C(F)(F)C(F)(F)F. The van der Waals surface area contributed by atoms with Gasteiger partial charge in [-0.2, -0.15) is 87.8 Å². The van der Waals surface area contributed by atoms with Gasteiger partial charge in [0.2, 0.25) is 17.5 Å². The van der Waals surface area contributed by atoms with Crippen LogP contribution in [0.1, 0.15) is 0 Å². The van der Waals surface area contributed by atoms with Crippen molar-refractivity contribution in [3.63, 3.8) is 0 Å². The first kappa shape index (κ1) is 36.3. The molecule has 0 amide bonds. The quantitative estimate of drug-likeness (QED) is 0.150. The number of alkyl halides is 19. The number of rotatable bonds is 10. The van der Waals surface area contributed by atoms with Gasteiger partial charge in [-0.15, -0.1) is 0 Å². The largest absolute Gasteiger partial charge is 0.476 e. The van der Waals surface area contributed by atoms with Gasteiger partial charge in [0.05, 0.1) is 0 Å². The Hall–Kier alpha value is -2.66. The van der Waals surface area contributed by atoms with Crippen molar-refractivity contribution in [1.29, 1.82) is 0 Å². The molecule has 0 fully saturated rings. The van der Waals surface area contributed by atoms with E-state index in [0.29, 0.717) is 0 Å². The molecule has 39 heavy (non-hydrogen) atoms. The molecule has 0 saturated carbocycles. The summed E-state index contributed by atoms with van der Waals surface area (Å²) in [5.41, 5.74) is 0. The Morgan fingerprint density at radius 1 is 0.385 bits per heavy atom. The Balaban J connectivity index is 7.28. The predicted octanol–water partition coefficient (Wildman–Crippen LogP) is 8.02. The number of carboxylic acid groups (broad SMARTS) is 1. The van der Waals surface area contributed by atoms with Crippen LogP contribution in [0.5, 0.6) is 0 Å². The van der Waals surface area contributed by atoms with Crippen LogP contribution >= 0.6 is 0 Å². The van der Waals surface area contributed by atoms with Gasteiger partial charge in [-0.05, 0) is 0 Å². The molecule has 2 nitrogen and oxygen atoms in total. The first-order valence-corrected chi connectivity index (χ1v) is 8.02. The summed E-state index contributed by atoms with van der Waals surface area (Å²) in [4.78, 5) is 9.94. The lowest BCUT2D eigenvalue weighted by molar-refractivity contribution is -0.467. The van der Waals surface area contributed by atoms with E-state index in [1.807, 2.05) is 0 Å². The van der Waals surface area contributed by atoms with Crippen molar-refractivity contribution in [1.82, 2.24) is 0 Å². The summed E-state index contributed by atoms with van der Waals surface area (Å²) in [5.74, 6) is -93.0. The molecule has 0 rings (SSSR count). The lowest BCUT2D eigenvalue weighted by Crippen LogP contribution is -2.75. The van der Waals surface area contributed by atoms with Crippen LogP contribution in [0.15, 0.2) is 23.3 Å². The summed E-state index contributed by atoms with van der Waals surface area (Å²) in [7, 11) is 0. The zero-order valence-corrected chi connectivity index (χ0v) is 16.5. The summed E-state index contributed by atoms with van der Waals surface area (Å²) < 4.78 is 300. The van der Waals surface area contributed by atoms with Crippen LogP contribution in [0.4, 0.5) is 101 Å². The molecule has 0 aromatic rings. The summed E-state index contributed by atoms with van der Waals surface area (Å²) in [6.07, 6.45) is -8.10. The summed E-state index contributed by atoms with van der Waals surface area (Å²) in [6.45, 7) is 0. The van der Waals surface area contributed by atoms with Crippen molar-refractivity contribution in [2.75, 3.05) is 0 Å². The molecule has 0 saturated heterocycles. The highest BCUT2D eigenvalue weighted by molar-refractivity contribution is 5.85. The van der Waals surface area contributed by atoms with Gasteiger partial charge >= 0.3 is 59.5 Å². The predicted molar refractivity (Wildman–Crippen MR) is 71.8 cm³/mol. The van der Waals surface area contributed by atoms with Crippen molar-refractivity contribution >= 4 is 5.97 Å². The third kappa shape index (κ3) is 4.71. The van der Waals surface area contributed by atoms with Gasteiger partial charge in [0, 0.05) is 0 Å². The maximum atomic E-state index is 13.5. The van der Waals surface area contributed by atoms with Gasteiger partial charge in [-0.25, -0.2) is 18.0 Å². The molecular formula is C14HF23O2. The van der Waals surface area contributed by atoms with Gasteiger partial charge in [0.1, 0.15) is 0 Å². The second kappa shape index (κ2) is 9.47. The van der Waals surface area contributed by atoms with E-state index in [9.17, 15) is 106 Å². The third-order valence-corrected chi connectivity index (χ3v) is 4.16. The van der Waals surface area contributed by atoms with E-state index < -0.39 is 82.8 Å². The second-order valence-corrected chi connectivity index (χ2v) is 6.65. The van der Waals surface area contributed by atoms with Gasteiger partial charge in [0.25, 0.3) is 0 Å². The zero-order valence-electron chi connectivity index (χ0n) is 16.5. The Bertz CT molecular complexity index is 1030. The fraction of sp³-hybridized carbons (Fsp3) is 0.643. The minimum Gasteiger partial charge on any atom is -0.476 e. The monoisotopic (exact) mass is 638 g/mol. The Kier molecular flexibility index (Phi) is 8.82. The molecule has 0 aliphatic heterocycles. The first-order chi connectivity index (χ1) is 16.6. The van der Waals surface area contributed by atoms with Gasteiger partial charge in [-0.1, -0.05) is 0 Å². The molecule has 0 atom stereocenters.